The van der Waals surface area contributed by atoms with Gasteiger partial charge >= 0.3 is 0 Å². The summed E-state index contributed by atoms with van der Waals surface area (Å²) >= 11 is 1.42. The topological polar surface area (TPSA) is 80.5 Å². The molecule has 0 fully saturated rings. The van der Waals surface area contributed by atoms with Gasteiger partial charge in [0.25, 0.3) is 5.69 Å². The minimum atomic E-state index is -0.501. The van der Waals surface area contributed by atoms with E-state index in [4.69, 9.17) is 0 Å². The maximum absolute atomic E-state index is 12.6. The van der Waals surface area contributed by atoms with Gasteiger partial charge in [-0.2, -0.15) is 0 Å². The van der Waals surface area contributed by atoms with Gasteiger partial charge in [0.1, 0.15) is 5.37 Å². The summed E-state index contributed by atoms with van der Waals surface area (Å²) in [4.78, 5) is 36.8. The molecule has 1 atom stereocenters. The molecule has 122 valence electrons. The normalized spacial score (nSPS) is 15.9. The number of hydrogen-bond acceptors (Lipinski definition) is 6. The fourth-order valence-corrected chi connectivity index (χ4v) is 3.88. The molecule has 0 radical (unpaired) electrons. The van der Waals surface area contributed by atoms with Crippen LogP contribution >= 0.6 is 11.8 Å². The third kappa shape index (κ3) is 2.78. The molecular weight excluding hydrogens is 328 g/mol. The lowest BCUT2D eigenvalue weighted by molar-refractivity contribution is -0.384. The average Bonchev–Trinajstić information content (AvgIpc) is 2.97. The summed E-state index contributed by atoms with van der Waals surface area (Å²) in [5, 5.41) is 10.4. The van der Waals surface area contributed by atoms with Gasteiger partial charge < -0.3 is 9.69 Å². The van der Waals surface area contributed by atoms with Crippen molar-refractivity contribution in [2.45, 2.75) is 17.2 Å². The molecule has 1 heterocycles. The molecule has 1 aliphatic rings. The summed E-state index contributed by atoms with van der Waals surface area (Å²) in [6, 6.07) is 10.9. The van der Waals surface area contributed by atoms with E-state index >= 15 is 0 Å². The van der Waals surface area contributed by atoms with Crippen LogP contribution in [0.1, 0.15) is 22.8 Å². The maximum atomic E-state index is 12.6. The average molecular weight is 342 g/mol. The maximum Gasteiger partial charge on any atom is 0.269 e. The van der Waals surface area contributed by atoms with Crippen LogP contribution in [0, 0.1) is 10.1 Å². The summed E-state index contributed by atoms with van der Waals surface area (Å²) in [5.41, 5.74) is 1.78. The highest BCUT2D eigenvalue weighted by molar-refractivity contribution is 8.01. The van der Waals surface area contributed by atoms with Crippen molar-refractivity contribution < 1.29 is 14.5 Å². The first-order valence-electron chi connectivity index (χ1n) is 7.37. The van der Waals surface area contributed by atoms with Crippen LogP contribution in [0.4, 0.5) is 11.4 Å². The van der Waals surface area contributed by atoms with Crippen molar-refractivity contribution in [3.8, 4) is 0 Å². The van der Waals surface area contributed by atoms with Gasteiger partial charge in [0.15, 0.2) is 12.1 Å². The second-order valence-corrected chi connectivity index (χ2v) is 6.40. The SMILES string of the molecule is CCN1c2ccc(C(=O)c3ccc([N+](=O)[O-])cc3)cc2SC1C=O. The van der Waals surface area contributed by atoms with Crippen molar-refractivity contribution in [3.63, 3.8) is 0 Å². The van der Waals surface area contributed by atoms with Crippen molar-refractivity contribution in [1.29, 1.82) is 0 Å². The fraction of sp³-hybridized carbons (Fsp3) is 0.176. The monoisotopic (exact) mass is 342 g/mol. The summed E-state index contributed by atoms with van der Waals surface area (Å²) in [5.74, 6) is -0.203. The van der Waals surface area contributed by atoms with E-state index in [1.54, 1.807) is 12.1 Å². The van der Waals surface area contributed by atoms with Crippen molar-refractivity contribution in [3.05, 3.63) is 63.7 Å². The number of hydrogen-bond donors (Lipinski definition) is 0. The van der Waals surface area contributed by atoms with E-state index in [0.717, 1.165) is 16.9 Å². The number of anilines is 1. The Bertz CT molecular complexity index is 820. The molecule has 0 spiro atoms. The van der Waals surface area contributed by atoms with Crippen LogP contribution < -0.4 is 4.90 Å². The number of aldehydes is 1. The lowest BCUT2D eigenvalue weighted by Crippen LogP contribution is -2.29. The quantitative estimate of drug-likeness (QED) is 0.359. The van der Waals surface area contributed by atoms with Gasteiger partial charge in [-0.3, -0.25) is 14.9 Å². The van der Waals surface area contributed by atoms with E-state index in [9.17, 15) is 19.7 Å². The molecule has 0 saturated carbocycles. The number of carbonyl (C=O) groups is 2. The van der Waals surface area contributed by atoms with Gasteiger partial charge in [-0.05, 0) is 37.3 Å². The number of likely N-dealkylation sites (N-methyl/N-ethyl adjacent to an activating group) is 1. The molecule has 2 aromatic carbocycles. The lowest BCUT2D eigenvalue weighted by Gasteiger charge is -2.20. The van der Waals surface area contributed by atoms with E-state index in [1.807, 2.05) is 17.9 Å². The number of nitro groups is 1. The molecule has 1 aliphatic heterocycles. The van der Waals surface area contributed by atoms with E-state index in [1.165, 1.54) is 36.0 Å². The predicted molar refractivity (Wildman–Crippen MR) is 91.7 cm³/mol. The van der Waals surface area contributed by atoms with Crippen LogP contribution in [0.3, 0.4) is 0 Å². The zero-order valence-corrected chi connectivity index (χ0v) is 13.7. The second-order valence-electron chi connectivity index (χ2n) is 5.25. The number of ketones is 1. The van der Waals surface area contributed by atoms with Crippen LogP contribution in [0.15, 0.2) is 47.4 Å². The molecule has 1 unspecified atom stereocenters. The first-order valence-corrected chi connectivity index (χ1v) is 8.25. The van der Waals surface area contributed by atoms with Crippen molar-refractivity contribution in [2.75, 3.05) is 11.4 Å². The van der Waals surface area contributed by atoms with Crippen molar-refractivity contribution in [1.82, 2.24) is 0 Å². The third-order valence-electron chi connectivity index (χ3n) is 3.88. The van der Waals surface area contributed by atoms with Crippen LogP contribution in [0.5, 0.6) is 0 Å². The van der Waals surface area contributed by atoms with Crippen molar-refractivity contribution >= 4 is 35.2 Å². The Morgan fingerprint density at radius 3 is 2.50 bits per heavy atom. The Morgan fingerprint density at radius 2 is 1.92 bits per heavy atom. The highest BCUT2D eigenvalue weighted by Gasteiger charge is 2.29. The smallest absolute Gasteiger partial charge is 0.269 e. The Balaban J connectivity index is 1.90. The predicted octanol–water partition coefficient (Wildman–Crippen LogP) is 3.28. The highest BCUT2D eigenvalue weighted by Crippen LogP contribution is 2.43. The number of carbonyl (C=O) groups excluding carboxylic acids is 2. The molecule has 3 rings (SSSR count). The Morgan fingerprint density at radius 1 is 1.25 bits per heavy atom. The summed E-state index contributed by atoms with van der Waals surface area (Å²) in [6.07, 6.45) is 0.895. The number of nitro benzene ring substituents is 1. The number of fused-ring (bicyclic) bond motifs is 1. The van der Waals surface area contributed by atoms with Gasteiger partial charge in [-0.25, -0.2) is 0 Å². The van der Waals surface area contributed by atoms with E-state index in [-0.39, 0.29) is 16.8 Å². The van der Waals surface area contributed by atoms with Crippen LogP contribution in [-0.2, 0) is 4.79 Å². The number of rotatable bonds is 5. The zero-order chi connectivity index (χ0) is 17.3. The summed E-state index contributed by atoms with van der Waals surface area (Å²) in [7, 11) is 0. The van der Waals surface area contributed by atoms with Crippen molar-refractivity contribution in [2.24, 2.45) is 0 Å². The molecule has 7 heteroatoms. The molecule has 0 amide bonds. The molecule has 0 saturated heterocycles. The first kappa shape index (κ1) is 16.2. The van der Waals surface area contributed by atoms with Crippen LogP contribution in [0.2, 0.25) is 0 Å². The number of nitrogens with zero attached hydrogens (tertiary/aromatic N) is 2. The Kier molecular flexibility index (Phi) is 4.35. The summed E-state index contributed by atoms with van der Waals surface area (Å²) in [6.45, 7) is 2.68. The third-order valence-corrected chi connectivity index (χ3v) is 5.07. The van der Waals surface area contributed by atoms with Gasteiger partial charge in [-0.15, -0.1) is 0 Å². The minimum Gasteiger partial charge on any atom is -0.352 e. The largest absolute Gasteiger partial charge is 0.352 e. The second kappa shape index (κ2) is 6.45. The minimum absolute atomic E-state index is 0.0523. The lowest BCUT2D eigenvalue weighted by atomic mass is 10.0. The van der Waals surface area contributed by atoms with E-state index in [0.29, 0.717) is 17.7 Å². The fourth-order valence-electron chi connectivity index (χ4n) is 2.67. The Hall–Kier alpha value is -2.67. The van der Waals surface area contributed by atoms with Crippen LogP contribution in [-0.4, -0.2) is 28.9 Å². The Labute approximate surface area is 142 Å². The standard InChI is InChI=1S/C17H14N2O4S/c1-2-18-14-8-5-12(9-15(14)24-16(18)10-20)17(21)11-3-6-13(7-4-11)19(22)23/h3-10,16H,2H2,1H3. The molecule has 0 aromatic heterocycles. The molecule has 0 N–H and O–H groups in total. The first-order chi connectivity index (χ1) is 11.5. The molecule has 2 aromatic rings. The van der Waals surface area contributed by atoms with Crippen LogP contribution in [0.25, 0.3) is 0 Å². The zero-order valence-electron chi connectivity index (χ0n) is 12.8. The van der Waals surface area contributed by atoms with Gasteiger partial charge in [0.05, 0.1) is 10.6 Å². The van der Waals surface area contributed by atoms with Gasteiger partial charge in [0.2, 0.25) is 0 Å². The summed E-state index contributed by atoms with van der Waals surface area (Å²) < 4.78 is 0. The molecular formula is C17H14N2O4S. The van der Waals surface area contributed by atoms with E-state index in [2.05, 4.69) is 0 Å². The molecule has 6 nitrogen and oxygen atoms in total. The molecule has 0 bridgehead atoms. The number of non-ortho nitro benzene ring substituents is 1. The number of benzene rings is 2. The van der Waals surface area contributed by atoms with Gasteiger partial charge in [0, 0.05) is 34.7 Å². The molecule has 24 heavy (non-hydrogen) atoms. The van der Waals surface area contributed by atoms with Gasteiger partial charge in [-0.1, -0.05) is 11.8 Å². The molecule has 0 aliphatic carbocycles. The van der Waals surface area contributed by atoms with E-state index < -0.39 is 4.92 Å². The highest BCUT2D eigenvalue weighted by atomic mass is 32.2. The number of thioether (sulfide) groups is 1.